The van der Waals surface area contributed by atoms with E-state index in [4.69, 9.17) is 9.47 Å². The Bertz CT molecular complexity index is 639. The molecule has 1 atom stereocenters. The van der Waals surface area contributed by atoms with Crippen molar-refractivity contribution in [1.82, 2.24) is 0 Å². The molecule has 0 spiro atoms. The van der Waals surface area contributed by atoms with Crippen molar-refractivity contribution in [1.29, 1.82) is 0 Å². The Labute approximate surface area is 188 Å². The zero-order valence-electron chi connectivity index (χ0n) is 16.7. The first-order valence-corrected chi connectivity index (χ1v) is 8.22. The van der Waals surface area contributed by atoms with Gasteiger partial charge in [0.05, 0.1) is 6.61 Å². The number of rotatable bonds is 4. The average Bonchev–Trinajstić information content (AvgIpc) is 2.57. The largest absolute Gasteiger partial charge is 1.00 e. The van der Waals surface area contributed by atoms with E-state index in [-0.39, 0.29) is 68.9 Å². The molecule has 1 heterocycles. The van der Waals surface area contributed by atoms with Crippen molar-refractivity contribution in [3.05, 3.63) is 59.7 Å². The predicted octanol–water partition coefficient (Wildman–Crippen LogP) is -2.30. The van der Waals surface area contributed by atoms with E-state index in [2.05, 4.69) is 26.0 Å². The summed E-state index contributed by atoms with van der Waals surface area (Å²) in [6.45, 7) is 5.10. The molecule has 1 saturated heterocycles. The van der Waals surface area contributed by atoms with E-state index in [0.29, 0.717) is 0 Å². The van der Waals surface area contributed by atoms with E-state index in [1.165, 1.54) is 5.56 Å². The van der Waals surface area contributed by atoms with Gasteiger partial charge in [0.15, 0.2) is 6.29 Å². The molecule has 0 saturated carbocycles. The van der Waals surface area contributed by atoms with Gasteiger partial charge in [-0.05, 0) is 36.1 Å². The minimum absolute atomic E-state index is 0. The van der Waals surface area contributed by atoms with Crippen molar-refractivity contribution >= 4 is 0 Å². The van der Waals surface area contributed by atoms with E-state index in [1.807, 2.05) is 24.3 Å². The zero-order chi connectivity index (χ0) is 16.3. The molecule has 8 N–H and O–H groups in total. The van der Waals surface area contributed by atoms with E-state index in [0.717, 1.165) is 37.2 Å². The van der Waals surface area contributed by atoms with Gasteiger partial charge in [0.2, 0.25) is 0 Å². The fourth-order valence-corrected chi connectivity index (χ4v) is 2.94. The molecule has 0 aromatic heterocycles. The summed E-state index contributed by atoms with van der Waals surface area (Å²) in [7, 11) is 0. The first-order valence-electron chi connectivity index (χ1n) is 8.22. The monoisotopic (exact) mass is 406 g/mol. The van der Waals surface area contributed by atoms with E-state index in [1.54, 1.807) is 12.1 Å². The molecule has 8 heteroatoms. The summed E-state index contributed by atoms with van der Waals surface area (Å²) in [5, 5.41) is 11.3. The van der Waals surface area contributed by atoms with Crippen LogP contribution < -0.4 is 39.4 Å². The van der Waals surface area contributed by atoms with Crippen LogP contribution in [0.4, 0.5) is 0 Å². The van der Waals surface area contributed by atoms with Crippen LogP contribution in [0.3, 0.4) is 0 Å². The van der Waals surface area contributed by atoms with Crippen LogP contribution in [0.15, 0.2) is 48.5 Å². The van der Waals surface area contributed by atoms with Gasteiger partial charge in [-0.2, -0.15) is 0 Å². The van der Waals surface area contributed by atoms with Crippen molar-refractivity contribution in [3.8, 4) is 11.5 Å². The van der Waals surface area contributed by atoms with Gasteiger partial charge in [-0.15, -0.1) is 5.75 Å². The molecule has 28 heavy (non-hydrogen) atoms. The molecule has 0 radical (unpaired) electrons. The Morgan fingerprint density at radius 2 is 1.36 bits per heavy atom. The van der Waals surface area contributed by atoms with E-state index >= 15 is 0 Å². The molecule has 3 rings (SSSR count). The third kappa shape index (κ3) is 7.69. The molecule has 154 valence electrons. The molecule has 2 aromatic carbocycles. The van der Waals surface area contributed by atoms with Gasteiger partial charge in [0.1, 0.15) is 5.75 Å². The smallest absolute Gasteiger partial charge is 0.872 e. The quantitative estimate of drug-likeness (QED) is 0.521. The summed E-state index contributed by atoms with van der Waals surface area (Å²) in [6.07, 6.45) is 3.11. The maximum atomic E-state index is 11.3. The van der Waals surface area contributed by atoms with Crippen LogP contribution in [0, 0.1) is 0 Å². The Hall–Kier alpha value is -1.16. The van der Waals surface area contributed by atoms with E-state index < -0.39 is 0 Å². The SMILES string of the molecule is CC(C)(c1ccc([O-])cc1)c1ccc(OC2CCCCO2)cc1.O.O.O.O.[Na+]. The molecule has 1 aliphatic rings. The van der Waals surface area contributed by atoms with Crippen molar-refractivity contribution in [2.75, 3.05) is 6.61 Å². The van der Waals surface area contributed by atoms with Crippen LogP contribution in [0.25, 0.3) is 0 Å². The van der Waals surface area contributed by atoms with Crippen LogP contribution >= 0.6 is 0 Å². The van der Waals surface area contributed by atoms with Gasteiger partial charge < -0.3 is 36.5 Å². The second-order valence-corrected chi connectivity index (χ2v) is 6.59. The number of hydrogen-bond acceptors (Lipinski definition) is 3. The fraction of sp³-hybridized carbons (Fsp3) is 0.400. The van der Waals surface area contributed by atoms with Gasteiger partial charge in [-0.1, -0.05) is 50.2 Å². The zero-order valence-corrected chi connectivity index (χ0v) is 18.7. The van der Waals surface area contributed by atoms with Gasteiger partial charge in [0.25, 0.3) is 0 Å². The summed E-state index contributed by atoms with van der Waals surface area (Å²) in [5.41, 5.74) is 2.16. The Morgan fingerprint density at radius 3 is 1.82 bits per heavy atom. The topological polar surface area (TPSA) is 168 Å². The van der Waals surface area contributed by atoms with Crippen LogP contribution in [-0.2, 0) is 10.2 Å². The first kappa shape index (κ1) is 31.5. The second kappa shape index (κ2) is 13.9. The summed E-state index contributed by atoms with van der Waals surface area (Å²) in [6, 6.07) is 15.2. The van der Waals surface area contributed by atoms with Crippen molar-refractivity contribution in [2.24, 2.45) is 0 Å². The van der Waals surface area contributed by atoms with Crippen molar-refractivity contribution < 1.29 is 66.0 Å². The van der Waals surface area contributed by atoms with Crippen LogP contribution in [0.2, 0.25) is 0 Å². The minimum atomic E-state index is -0.159. The first-order chi connectivity index (χ1) is 11.1. The summed E-state index contributed by atoms with van der Waals surface area (Å²) >= 11 is 0. The third-order valence-corrected chi connectivity index (χ3v) is 4.56. The number of hydrogen-bond donors (Lipinski definition) is 0. The van der Waals surface area contributed by atoms with Crippen molar-refractivity contribution in [3.63, 3.8) is 0 Å². The molecule has 1 unspecified atom stereocenters. The van der Waals surface area contributed by atoms with Crippen LogP contribution in [0.1, 0.15) is 44.2 Å². The molecule has 0 amide bonds. The van der Waals surface area contributed by atoms with Crippen LogP contribution in [-0.4, -0.2) is 34.8 Å². The minimum Gasteiger partial charge on any atom is -0.872 e. The molecule has 1 aliphatic heterocycles. The summed E-state index contributed by atoms with van der Waals surface area (Å²) < 4.78 is 11.5. The van der Waals surface area contributed by atoms with Gasteiger partial charge in [0, 0.05) is 11.8 Å². The van der Waals surface area contributed by atoms with Gasteiger partial charge in [-0.25, -0.2) is 0 Å². The Kier molecular flexibility index (Phi) is 15.7. The van der Waals surface area contributed by atoms with Crippen molar-refractivity contribution in [2.45, 2.75) is 44.8 Å². The van der Waals surface area contributed by atoms with E-state index in [9.17, 15) is 5.11 Å². The number of benzene rings is 2. The molecule has 2 aromatic rings. The Morgan fingerprint density at radius 1 is 0.857 bits per heavy atom. The standard InChI is InChI=1S/C20H24O3.Na.4H2O/c1-20(2,15-6-10-17(21)11-7-15)16-8-12-18(13-9-16)23-19-5-3-4-14-22-19;;;;;/h6-13,19,21H,3-5,14H2,1-2H3;;4*1H2/q;+1;;;;/p-1. The molecule has 1 fully saturated rings. The van der Waals surface area contributed by atoms with Crippen LogP contribution in [0.5, 0.6) is 11.5 Å². The maximum Gasteiger partial charge on any atom is 1.00 e. The predicted molar refractivity (Wildman–Crippen MR) is 103 cm³/mol. The average molecular weight is 406 g/mol. The normalized spacial score (nSPS) is 15.3. The maximum absolute atomic E-state index is 11.3. The molecular weight excluding hydrogens is 375 g/mol. The molecule has 0 bridgehead atoms. The van der Waals surface area contributed by atoms with Gasteiger partial charge >= 0.3 is 29.6 Å². The Balaban J connectivity index is -0.00000125. The fourth-order valence-electron chi connectivity index (χ4n) is 2.94. The second-order valence-electron chi connectivity index (χ2n) is 6.59. The van der Waals surface area contributed by atoms with Gasteiger partial charge in [-0.3, -0.25) is 0 Å². The summed E-state index contributed by atoms with van der Waals surface area (Å²) in [5.74, 6) is 0.882. The molecule has 0 aliphatic carbocycles. The molecule has 7 nitrogen and oxygen atoms in total. The third-order valence-electron chi connectivity index (χ3n) is 4.56. The summed E-state index contributed by atoms with van der Waals surface area (Å²) in [4.78, 5) is 0. The molecular formula is C20H31NaO7. The number of ether oxygens (including phenoxy) is 2.